The number of rotatable bonds is 8. The van der Waals surface area contributed by atoms with E-state index in [1.165, 1.54) is 0 Å². The highest BCUT2D eigenvalue weighted by atomic mass is 16.5. The van der Waals surface area contributed by atoms with Crippen LogP contribution < -0.4 is 19.5 Å². The Bertz CT molecular complexity index is 715. The molecule has 2 aromatic carbocycles. The second-order valence-electron chi connectivity index (χ2n) is 5.91. The zero-order valence-electron chi connectivity index (χ0n) is 15.2. The molecule has 0 aliphatic heterocycles. The lowest BCUT2D eigenvalue weighted by Gasteiger charge is -2.16. The van der Waals surface area contributed by atoms with Crippen molar-refractivity contribution in [2.75, 3.05) is 20.8 Å². The van der Waals surface area contributed by atoms with Crippen LogP contribution in [0.5, 0.6) is 17.2 Å². The highest BCUT2D eigenvalue weighted by molar-refractivity contribution is 5.79. The summed E-state index contributed by atoms with van der Waals surface area (Å²) >= 11 is 0. The van der Waals surface area contributed by atoms with Gasteiger partial charge in [0.25, 0.3) is 0 Å². The minimum Gasteiger partial charge on any atom is -0.496 e. The van der Waals surface area contributed by atoms with Gasteiger partial charge in [-0.2, -0.15) is 0 Å². The fraction of sp³-hybridized carbons (Fsp3) is 0.350. The van der Waals surface area contributed by atoms with Crippen LogP contribution in [0.4, 0.5) is 0 Å². The Kier molecular flexibility index (Phi) is 6.69. The fourth-order valence-corrected chi connectivity index (χ4v) is 2.56. The van der Waals surface area contributed by atoms with Crippen molar-refractivity contribution in [1.82, 2.24) is 5.32 Å². The summed E-state index contributed by atoms with van der Waals surface area (Å²) < 4.78 is 16.2. The van der Waals surface area contributed by atoms with Crippen molar-refractivity contribution >= 4 is 5.91 Å². The number of carbonyl (C=O) groups excluding carboxylic acids is 1. The van der Waals surface area contributed by atoms with Gasteiger partial charge in [-0.05, 0) is 43.2 Å². The van der Waals surface area contributed by atoms with Gasteiger partial charge in [0.15, 0.2) is 11.5 Å². The summed E-state index contributed by atoms with van der Waals surface area (Å²) in [5.74, 6) is 2.12. The summed E-state index contributed by atoms with van der Waals surface area (Å²) in [5.41, 5.74) is 1.97. The van der Waals surface area contributed by atoms with Crippen molar-refractivity contribution < 1.29 is 19.0 Å². The first-order valence-corrected chi connectivity index (χ1v) is 8.22. The second-order valence-corrected chi connectivity index (χ2v) is 5.91. The maximum absolute atomic E-state index is 12.2. The van der Waals surface area contributed by atoms with Crippen LogP contribution in [0, 0.1) is 6.92 Å². The van der Waals surface area contributed by atoms with Crippen molar-refractivity contribution in [2.45, 2.75) is 26.3 Å². The van der Waals surface area contributed by atoms with E-state index in [-0.39, 0.29) is 11.9 Å². The van der Waals surface area contributed by atoms with Gasteiger partial charge >= 0.3 is 0 Å². The Hall–Kier alpha value is -2.69. The number of aryl methyl sites for hydroxylation is 1. The largest absolute Gasteiger partial charge is 0.496 e. The number of hydrogen-bond acceptors (Lipinski definition) is 4. The van der Waals surface area contributed by atoms with Gasteiger partial charge < -0.3 is 19.5 Å². The molecule has 0 spiro atoms. The summed E-state index contributed by atoms with van der Waals surface area (Å²) in [6.45, 7) is 4.24. The van der Waals surface area contributed by atoms with Crippen LogP contribution in [-0.4, -0.2) is 32.8 Å². The number of ether oxygens (including phenoxy) is 3. The van der Waals surface area contributed by atoms with Crippen molar-refractivity contribution in [3.63, 3.8) is 0 Å². The topological polar surface area (TPSA) is 56.8 Å². The molecule has 2 aromatic rings. The molecule has 25 heavy (non-hydrogen) atoms. The molecule has 0 radical (unpaired) electrons. The van der Waals surface area contributed by atoms with Crippen molar-refractivity contribution in [3.05, 3.63) is 53.6 Å². The first-order valence-electron chi connectivity index (χ1n) is 8.22. The lowest BCUT2D eigenvalue weighted by atomic mass is 10.1. The Labute approximate surface area is 148 Å². The average molecular weight is 343 g/mol. The summed E-state index contributed by atoms with van der Waals surface area (Å²) in [4.78, 5) is 12.2. The van der Waals surface area contributed by atoms with Gasteiger partial charge in [0.2, 0.25) is 5.91 Å². The SMILES string of the molecule is COc1ccc(CC(=O)N[C@@H](C)COc2ccccc2OC)cc1C. The Morgan fingerprint density at radius 2 is 1.72 bits per heavy atom. The smallest absolute Gasteiger partial charge is 0.224 e. The standard InChI is InChI=1S/C20H25NO4/c1-14-11-16(9-10-17(14)23-3)12-20(22)21-15(2)13-25-19-8-6-5-7-18(19)24-4/h5-11,15H,12-13H2,1-4H3,(H,21,22)/t15-/m0/s1. The van der Waals surface area contributed by atoms with Gasteiger partial charge in [-0.1, -0.05) is 24.3 Å². The predicted octanol–water partition coefficient (Wildman–Crippen LogP) is 3.14. The molecule has 5 heteroatoms. The van der Waals surface area contributed by atoms with Crippen LogP contribution in [-0.2, 0) is 11.2 Å². The highest BCUT2D eigenvalue weighted by Gasteiger charge is 2.11. The predicted molar refractivity (Wildman–Crippen MR) is 97.5 cm³/mol. The number of hydrogen-bond donors (Lipinski definition) is 1. The fourth-order valence-electron chi connectivity index (χ4n) is 2.56. The van der Waals surface area contributed by atoms with Gasteiger partial charge in [0, 0.05) is 0 Å². The number of benzene rings is 2. The van der Waals surface area contributed by atoms with E-state index >= 15 is 0 Å². The van der Waals surface area contributed by atoms with Crippen LogP contribution in [0.3, 0.4) is 0 Å². The molecule has 0 saturated heterocycles. The molecular weight excluding hydrogens is 318 g/mol. The molecular formula is C20H25NO4. The van der Waals surface area contributed by atoms with E-state index in [9.17, 15) is 4.79 Å². The Morgan fingerprint density at radius 3 is 2.36 bits per heavy atom. The van der Waals surface area contributed by atoms with Crippen LogP contribution in [0.25, 0.3) is 0 Å². The van der Waals surface area contributed by atoms with Crippen LogP contribution >= 0.6 is 0 Å². The number of para-hydroxylation sites is 2. The van der Waals surface area contributed by atoms with Crippen molar-refractivity contribution in [1.29, 1.82) is 0 Å². The van der Waals surface area contributed by atoms with Gasteiger partial charge in [0.1, 0.15) is 12.4 Å². The Balaban J connectivity index is 1.84. The molecule has 1 amide bonds. The minimum atomic E-state index is -0.114. The number of nitrogens with one attached hydrogen (secondary N) is 1. The Morgan fingerprint density at radius 1 is 1.04 bits per heavy atom. The monoisotopic (exact) mass is 343 g/mol. The second kappa shape index (κ2) is 8.97. The van der Waals surface area contributed by atoms with Crippen LogP contribution in [0.1, 0.15) is 18.1 Å². The molecule has 5 nitrogen and oxygen atoms in total. The van der Waals surface area contributed by atoms with Crippen molar-refractivity contribution in [3.8, 4) is 17.2 Å². The molecule has 1 N–H and O–H groups in total. The molecule has 0 fully saturated rings. The third-order valence-electron chi connectivity index (χ3n) is 3.79. The molecule has 0 heterocycles. The van der Waals surface area contributed by atoms with E-state index in [0.29, 0.717) is 24.5 Å². The lowest BCUT2D eigenvalue weighted by Crippen LogP contribution is -2.37. The molecule has 0 bridgehead atoms. The molecule has 2 rings (SSSR count). The molecule has 0 unspecified atom stereocenters. The van der Waals surface area contributed by atoms with Crippen molar-refractivity contribution in [2.24, 2.45) is 0 Å². The molecule has 134 valence electrons. The summed E-state index contributed by atoms with van der Waals surface area (Å²) in [6.07, 6.45) is 0.323. The number of amides is 1. The van der Waals surface area contributed by atoms with E-state index in [1.807, 2.05) is 56.3 Å². The lowest BCUT2D eigenvalue weighted by molar-refractivity contribution is -0.121. The molecule has 0 saturated carbocycles. The normalized spacial score (nSPS) is 11.5. The number of carbonyl (C=O) groups is 1. The summed E-state index contributed by atoms with van der Waals surface area (Å²) in [7, 11) is 3.24. The molecule has 1 atom stereocenters. The molecule has 0 aromatic heterocycles. The molecule has 0 aliphatic rings. The zero-order chi connectivity index (χ0) is 18.2. The van der Waals surface area contributed by atoms with E-state index < -0.39 is 0 Å². The van der Waals surface area contributed by atoms with Crippen LogP contribution in [0.15, 0.2) is 42.5 Å². The van der Waals surface area contributed by atoms with Gasteiger partial charge in [0.05, 0.1) is 26.7 Å². The van der Waals surface area contributed by atoms with E-state index in [1.54, 1.807) is 14.2 Å². The summed E-state index contributed by atoms with van der Waals surface area (Å²) in [5, 5.41) is 2.95. The highest BCUT2D eigenvalue weighted by Crippen LogP contribution is 2.25. The maximum atomic E-state index is 12.2. The maximum Gasteiger partial charge on any atom is 0.224 e. The first-order chi connectivity index (χ1) is 12.0. The van der Waals surface area contributed by atoms with E-state index in [2.05, 4.69) is 5.32 Å². The minimum absolute atomic E-state index is 0.0410. The first kappa shape index (κ1) is 18.6. The zero-order valence-corrected chi connectivity index (χ0v) is 15.2. The average Bonchev–Trinajstić information content (AvgIpc) is 2.60. The van der Waals surface area contributed by atoms with Gasteiger partial charge in [-0.3, -0.25) is 4.79 Å². The third-order valence-corrected chi connectivity index (χ3v) is 3.79. The quantitative estimate of drug-likeness (QED) is 0.800. The van der Waals surface area contributed by atoms with Crippen LogP contribution in [0.2, 0.25) is 0 Å². The molecule has 0 aliphatic carbocycles. The van der Waals surface area contributed by atoms with E-state index in [0.717, 1.165) is 16.9 Å². The van der Waals surface area contributed by atoms with Gasteiger partial charge in [-0.25, -0.2) is 0 Å². The number of methoxy groups -OCH3 is 2. The third kappa shape index (κ3) is 5.41. The van der Waals surface area contributed by atoms with Gasteiger partial charge in [-0.15, -0.1) is 0 Å². The summed E-state index contributed by atoms with van der Waals surface area (Å²) in [6, 6.07) is 13.1. The van der Waals surface area contributed by atoms with E-state index in [4.69, 9.17) is 14.2 Å².